The van der Waals surface area contributed by atoms with Crippen LogP contribution >= 0.6 is 0 Å². The normalized spacial score (nSPS) is 15.7. The van der Waals surface area contributed by atoms with Crippen LogP contribution < -0.4 is 5.32 Å². The Hall–Kier alpha value is -1.91. The summed E-state index contributed by atoms with van der Waals surface area (Å²) in [6.07, 6.45) is 6.15. The van der Waals surface area contributed by atoms with Crippen molar-refractivity contribution < 1.29 is 14.3 Å². The number of rotatable bonds is 4. The maximum Gasteiger partial charge on any atom is 0.356 e. The fourth-order valence-corrected chi connectivity index (χ4v) is 2.50. The van der Waals surface area contributed by atoms with Gasteiger partial charge in [0.1, 0.15) is 11.4 Å². The van der Waals surface area contributed by atoms with Gasteiger partial charge in [0.2, 0.25) is 0 Å². The molecule has 0 aliphatic heterocycles. The van der Waals surface area contributed by atoms with Crippen LogP contribution in [0.25, 0.3) is 0 Å². The third-order valence-corrected chi connectivity index (χ3v) is 3.65. The molecule has 0 saturated heterocycles. The summed E-state index contributed by atoms with van der Waals surface area (Å²) in [5, 5.41) is 2.90. The molecule has 2 rings (SSSR count). The number of methoxy groups -OCH3 is 1. The fraction of sp³-hybridized carbons (Fsp3) is 0.533. The lowest BCUT2D eigenvalue weighted by Gasteiger charge is -2.21. The van der Waals surface area contributed by atoms with Gasteiger partial charge in [-0.25, -0.2) is 9.78 Å². The molecule has 0 spiro atoms. The van der Waals surface area contributed by atoms with E-state index < -0.39 is 5.97 Å². The number of carbonyl (C=O) groups excluding carboxylic acids is 2. The van der Waals surface area contributed by atoms with Crippen LogP contribution in [0.3, 0.4) is 0 Å². The second-order valence-electron chi connectivity index (χ2n) is 5.11. The van der Waals surface area contributed by atoms with Crippen molar-refractivity contribution in [2.24, 2.45) is 5.92 Å². The van der Waals surface area contributed by atoms with Crippen molar-refractivity contribution in [1.82, 2.24) is 10.3 Å². The summed E-state index contributed by atoms with van der Waals surface area (Å²) >= 11 is 0. The van der Waals surface area contributed by atoms with Crippen LogP contribution in [0.4, 0.5) is 0 Å². The molecule has 0 radical (unpaired) electrons. The zero-order chi connectivity index (χ0) is 14.4. The first-order valence-electron chi connectivity index (χ1n) is 7.04. The van der Waals surface area contributed by atoms with E-state index >= 15 is 0 Å². The smallest absolute Gasteiger partial charge is 0.356 e. The predicted molar refractivity (Wildman–Crippen MR) is 74.5 cm³/mol. The topological polar surface area (TPSA) is 68.3 Å². The summed E-state index contributed by atoms with van der Waals surface area (Å²) < 4.78 is 4.59. The van der Waals surface area contributed by atoms with Gasteiger partial charge in [0, 0.05) is 6.54 Å². The molecule has 5 heteroatoms. The monoisotopic (exact) mass is 276 g/mol. The van der Waals surface area contributed by atoms with Gasteiger partial charge in [-0.15, -0.1) is 0 Å². The van der Waals surface area contributed by atoms with Crippen LogP contribution in [0.1, 0.15) is 53.1 Å². The highest BCUT2D eigenvalue weighted by Crippen LogP contribution is 2.22. The standard InChI is InChI=1S/C15H20N2O3/c1-20-15(19)13-9-5-8-12(17-13)14(18)16-10-11-6-3-2-4-7-11/h5,8-9,11H,2-4,6-7,10H2,1H3,(H,16,18). The molecule has 0 aromatic carbocycles. The van der Waals surface area contributed by atoms with E-state index in [0.717, 1.165) is 0 Å². The number of esters is 1. The molecule has 1 aliphatic rings. The van der Waals surface area contributed by atoms with Gasteiger partial charge in [-0.1, -0.05) is 25.3 Å². The molecule has 5 nitrogen and oxygen atoms in total. The summed E-state index contributed by atoms with van der Waals surface area (Å²) in [6, 6.07) is 4.77. The minimum Gasteiger partial charge on any atom is -0.464 e. The molecule has 1 heterocycles. The molecule has 20 heavy (non-hydrogen) atoms. The first-order valence-corrected chi connectivity index (χ1v) is 7.04. The highest BCUT2D eigenvalue weighted by molar-refractivity contribution is 5.94. The Labute approximate surface area is 118 Å². The third kappa shape index (κ3) is 3.79. The number of carbonyl (C=O) groups is 2. The quantitative estimate of drug-likeness (QED) is 0.856. The van der Waals surface area contributed by atoms with Crippen LogP contribution in [0.5, 0.6) is 0 Å². The number of amides is 1. The number of nitrogens with one attached hydrogen (secondary N) is 1. The molecule has 0 unspecified atom stereocenters. The number of nitrogens with zero attached hydrogens (tertiary/aromatic N) is 1. The zero-order valence-electron chi connectivity index (χ0n) is 11.7. The molecule has 1 N–H and O–H groups in total. The van der Waals surface area contributed by atoms with Crippen molar-refractivity contribution >= 4 is 11.9 Å². The Morgan fingerprint density at radius 3 is 2.65 bits per heavy atom. The minimum absolute atomic E-state index is 0.151. The average molecular weight is 276 g/mol. The lowest BCUT2D eigenvalue weighted by molar-refractivity contribution is 0.0594. The molecule has 1 saturated carbocycles. The average Bonchev–Trinajstić information content (AvgIpc) is 2.53. The van der Waals surface area contributed by atoms with Crippen LogP contribution in [0.15, 0.2) is 18.2 Å². The number of hydrogen-bond donors (Lipinski definition) is 1. The van der Waals surface area contributed by atoms with Crippen molar-refractivity contribution in [2.75, 3.05) is 13.7 Å². The van der Waals surface area contributed by atoms with E-state index in [2.05, 4.69) is 15.0 Å². The first-order chi connectivity index (χ1) is 9.70. The largest absolute Gasteiger partial charge is 0.464 e. The predicted octanol–water partition coefficient (Wildman–Crippen LogP) is 2.18. The maximum atomic E-state index is 12.0. The molecular weight excluding hydrogens is 256 g/mol. The first kappa shape index (κ1) is 14.5. The van der Waals surface area contributed by atoms with Gasteiger partial charge in [0.25, 0.3) is 5.91 Å². The van der Waals surface area contributed by atoms with Crippen molar-refractivity contribution in [3.63, 3.8) is 0 Å². The SMILES string of the molecule is COC(=O)c1cccc(C(=O)NCC2CCCCC2)n1. The second kappa shape index (κ2) is 7.03. The molecule has 1 fully saturated rings. The summed E-state index contributed by atoms with van der Waals surface area (Å²) in [6.45, 7) is 0.683. The molecule has 0 atom stereocenters. The minimum atomic E-state index is -0.535. The molecule has 1 amide bonds. The Kier molecular flexibility index (Phi) is 5.09. The van der Waals surface area contributed by atoms with E-state index in [-0.39, 0.29) is 17.3 Å². The number of ether oxygens (including phenoxy) is 1. The van der Waals surface area contributed by atoms with Crippen molar-refractivity contribution in [2.45, 2.75) is 32.1 Å². The maximum absolute atomic E-state index is 12.0. The van der Waals surface area contributed by atoms with Gasteiger partial charge >= 0.3 is 5.97 Å². The van der Waals surface area contributed by atoms with Gasteiger partial charge in [0.15, 0.2) is 0 Å². The third-order valence-electron chi connectivity index (χ3n) is 3.65. The molecular formula is C15H20N2O3. The summed E-state index contributed by atoms with van der Waals surface area (Å²) in [4.78, 5) is 27.4. The number of aromatic nitrogens is 1. The van der Waals surface area contributed by atoms with Gasteiger partial charge in [-0.3, -0.25) is 4.79 Å². The van der Waals surface area contributed by atoms with E-state index in [1.54, 1.807) is 12.1 Å². The van der Waals surface area contributed by atoms with E-state index in [4.69, 9.17) is 0 Å². The Bertz CT molecular complexity index is 482. The zero-order valence-corrected chi connectivity index (χ0v) is 11.7. The van der Waals surface area contributed by atoms with Gasteiger partial charge in [0.05, 0.1) is 7.11 Å². The summed E-state index contributed by atoms with van der Waals surface area (Å²) in [5.41, 5.74) is 0.404. The van der Waals surface area contributed by atoms with E-state index in [0.29, 0.717) is 12.5 Å². The Morgan fingerprint density at radius 1 is 1.25 bits per heavy atom. The van der Waals surface area contributed by atoms with Crippen molar-refractivity contribution in [1.29, 1.82) is 0 Å². The Balaban J connectivity index is 1.93. The highest BCUT2D eigenvalue weighted by atomic mass is 16.5. The van der Waals surface area contributed by atoms with Crippen LogP contribution in [-0.4, -0.2) is 30.5 Å². The second-order valence-corrected chi connectivity index (χ2v) is 5.11. The summed E-state index contributed by atoms with van der Waals surface area (Å²) in [5.74, 6) is -0.204. The Morgan fingerprint density at radius 2 is 1.95 bits per heavy atom. The molecule has 108 valence electrons. The molecule has 1 aliphatic carbocycles. The highest BCUT2D eigenvalue weighted by Gasteiger charge is 2.16. The van der Waals surface area contributed by atoms with E-state index in [1.165, 1.54) is 45.3 Å². The van der Waals surface area contributed by atoms with Crippen LogP contribution in [-0.2, 0) is 4.74 Å². The summed E-state index contributed by atoms with van der Waals surface area (Å²) in [7, 11) is 1.29. The lowest BCUT2D eigenvalue weighted by atomic mass is 9.89. The van der Waals surface area contributed by atoms with Crippen LogP contribution in [0, 0.1) is 5.92 Å². The molecule has 0 bridgehead atoms. The van der Waals surface area contributed by atoms with E-state index in [9.17, 15) is 9.59 Å². The van der Waals surface area contributed by atoms with Gasteiger partial charge in [-0.05, 0) is 30.9 Å². The van der Waals surface area contributed by atoms with Crippen molar-refractivity contribution in [3.8, 4) is 0 Å². The number of hydrogen-bond acceptors (Lipinski definition) is 4. The van der Waals surface area contributed by atoms with Crippen LogP contribution in [0.2, 0.25) is 0 Å². The fourth-order valence-electron chi connectivity index (χ4n) is 2.50. The molecule has 1 aromatic rings. The van der Waals surface area contributed by atoms with Gasteiger partial charge in [-0.2, -0.15) is 0 Å². The van der Waals surface area contributed by atoms with Gasteiger partial charge < -0.3 is 10.1 Å². The van der Waals surface area contributed by atoms with E-state index in [1.807, 2.05) is 0 Å². The lowest BCUT2D eigenvalue weighted by Crippen LogP contribution is -2.31. The number of pyridine rings is 1. The van der Waals surface area contributed by atoms with Crippen molar-refractivity contribution in [3.05, 3.63) is 29.6 Å². The molecule has 1 aromatic heterocycles.